The van der Waals surface area contributed by atoms with E-state index in [1.165, 1.54) is 36.4 Å². The zero-order chi connectivity index (χ0) is 20.3. The van der Waals surface area contributed by atoms with Gasteiger partial charge >= 0.3 is 0 Å². The van der Waals surface area contributed by atoms with Crippen molar-refractivity contribution in [3.63, 3.8) is 0 Å². The first-order valence-corrected chi connectivity index (χ1v) is 8.92. The Morgan fingerprint density at radius 2 is 2.04 bits per heavy atom. The molecule has 2 aromatic carbocycles. The zero-order valence-corrected chi connectivity index (χ0v) is 15.4. The van der Waals surface area contributed by atoms with Gasteiger partial charge in [-0.15, -0.1) is 10.2 Å². The Morgan fingerprint density at radius 1 is 1.29 bits per heavy atom. The molecule has 0 bridgehead atoms. The molecule has 1 atom stereocenters. The van der Waals surface area contributed by atoms with Crippen LogP contribution in [0.2, 0.25) is 0 Å². The average molecular weight is 402 g/mol. The van der Waals surface area contributed by atoms with Crippen LogP contribution >= 0.6 is 11.8 Å². The lowest BCUT2D eigenvalue weighted by molar-refractivity contribution is -0.383. The Hall–Kier alpha value is -3.47. The molecule has 0 aliphatic carbocycles. The minimum Gasteiger partial charge on any atom is -0.335 e. The first-order valence-electron chi connectivity index (χ1n) is 8.04. The average Bonchev–Trinajstić information content (AvgIpc) is 3.02. The van der Waals surface area contributed by atoms with E-state index in [1.807, 2.05) is 0 Å². The van der Waals surface area contributed by atoms with E-state index in [2.05, 4.69) is 15.5 Å². The summed E-state index contributed by atoms with van der Waals surface area (Å²) in [6.45, 7) is 1.60. The number of amides is 1. The molecule has 9 nitrogen and oxygen atoms in total. The van der Waals surface area contributed by atoms with Crippen LogP contribution in [0, 0.1) is 15.9 Å². The zero-order valence-electron chi connectivity index (χ0n) is 14.6. The predicted octanol–water partition coefficient (Wildman–Crippen LogP) is 2.83. The van der Waals surface area contributed by atoms with Gasteiger partial charge in [0.15, 0.2) is 5.82 Å². The Morgan fingerprint density at radius 3 is 2.75 bits per heavy atom. The summed E-state index contributed by atoms with van der Waals surface area (Å²) in [6.07, 6.45) is 0. The van der Waals surface area contributed by atoms with E-state index in [9.17, 15) is 19.3 Å². The molecule has 0 spiro atoms. The number of anilines is 1. The van der Waals surface area contributed by atoms with Crippen LogP contribution in [-0.2, 0) is 4.79 Å². The number of carbonyl (C=O) groups is 1. The van der Waals surface area contributed by atoms with Crippen molar-refractivity contribution in [2.24, 2.45) is 0 Å². The maximum Gasteiger partial charge on any atom is 0.292 e. The fourth-order valence-corrected chi connectivity index (χ4v) is 3.14. The van der Waals surface area contributed by atoms with Crippen LogP contribution in [0.15, 0.2) is 53.7 Å². The third kappa shape index (κ3) is 4.09. The normalized spacial score (nSPS) is 11.8. The quantitative estimate of drug-likeness (QED) is 0.281. The molecule has 1 heterocycles. The third-order valence-electron chi connectivity index (χ3n) is 3.76. The summed E-state index contributed by atoms with van der Waals surface area (Å²) in [6, 6.07) is 11.6. The smallest absolute Gasteiger partial charge is 0.292 e. The SMILES string of the molecule is C[C@H](Sc1nnc(-c2cccc(F)c2)n1N)C(=O)Nc1ccccc1[N+](=O)[O-]. The molecule has 0 aliphatic heterocycles. The van der Waals surface area contributed by atoms with E-state index < -0.39 is 21.9 Å². The third-order valence-corrected chi connectivity index (χ3v) is 4.81. The van der Waals surface area contributed by atoms with E-state index >= 15 is 0 Å². The van der Waals surface area contributed by atoms with Crippen LogP contribution in [0.5, 0.6) is 0 Å². The Labute approximate surface area is 162 Å². The van der Waals surface area contributed by atoms with E-state index in [-0.39, 0.29) is 22.4 Å². The van der Waals surface area contributed by atoms with Gasteiger partial charge in [0.2, 0.25) is 11.1 Å². The molecule has 28 heavy (non-hydrogen) atoms. The second-order valence-corrected chi connectivity index (χ2v) is 7.02. The maximum absolute atomic E-state index is 13.4. The minimum atomic E-state index is -0.674. The maximum atomic E-state index is 13.4. The van der Waals surface area contributed by atoms with Gasteiger partial charge in [0, 0.05) is 11.6 Å². The van der Waals surface area contributed by atoms with Gasteiger partial charge in [-0.2, -0.15) is 0 Å². The van der Waals surface area contributed by atoms with E-state index in [0.717, 1.165) is 16.4 Å². The molecule has 11 heteroatoms. The summed E-state index contributed by atoms with van der Waals surface area (Å²) in [7, 11) is 0. The van der Waals surface area contributed by atoms with Gasteiger partial charge in [-0.05, 0) is 25.1 Å². The lowest BCUT2D eigenvalue weighted by Gasteiger charge is -2.11. The number of aromatic nitrogens is 3. The van der Waals surface area contributed by atoms with Crippen LogP contribution in [0.25, 0.3) is 11.4 Å². The molecule has 3 N–H and O–H groups in total. The monoisotopic (exact) mass is 402 g/mol. The molecule has 3 aromatic rings. The Bertz CT molecular complexity index is 1040. The van der Waals surface area contributed by atoms with Crippen LogP contribution < -0.4 is 11.2 Å². The lowest BCUT2D eigenvalue weighted by atomic mass is 10.2. The van der Waals surface area contributed by atoms with Crippen molar-refractivity contribution in [2.45, 2.75) is 17.3 Å². The van der Waals surface area contributed by atoms with E-state index in [4.69, 9.17) is 5.84 Å². The van der Waals surface area contributed by atoms with Gasteiger partial charge in [-0.25, -0.2) is 9.07 Å². The summed E-state index contributed by atoms with van der Waals surface area (Å²) in [4.78, 5) is 22.9. The van der Waals surface area contributed by atoms with Crippen LogP contribution in [0.4, 0.5) is 15.8 Å². The summed E-state index contributed by atoms with van der Waals surface area (Å²) in [5, 5.41) is 21.0. The van der Waals surface area contributed by atoms with Crippen molar-refractivity contribution in [2.75, 3.05) is 11.2 Å². The molecule has 144 valence electrons. The van der Waals surface area contributed by atoms with E-state index in [1.54, 1.807) is 19.1 Å². The van der Waals surface area contributed by atoms with Crippen molar-refractivity contribution >= 4 is 29.0 Å². The highest BCUT2D eigenvalue weighted by Gasteiger charge is 2.22. The number of nitrogens with two attached hydrogens (primary N) is 1. The number of nitrogens with one attached hydrogen (secondary N) is 1. The van der Waals surface area contributed by atoms with Crippen LogP contribution in [0.1, 0.15) is 6.92 Å². The van der Waals surface area contributed by atoms with Crippen molar-refractivity contribution < 1.29 is 14.1 Å². The summed E-state index contributed by atoms with van der Waals surface area (Å²) >= 11 is 1.02. The number of thioether (sulfide) groups is 1. The minimum absolute atomic E-state index is 0.0969. The second-order valence-electron chi connectivity index (χ2n) is 5.71. The van der Waals surface area contributed by atoms with Gasteiger partial charge in [-0.1, -0.05) is 36.0 Å². The molecule has 3 rings (SSSR count). The summed E-state index contributed by atoms with van der Waals surface area (Å²) in [5.41, 5.74) is 0.335. The number of hydrogen-bond acceptors (Lipinski definition) is 7. The highest BCUT2D eigenvalue weighted by atomic mass is 32.2. The number of benzene rings is 2. The number of nitrogens with zero attached hydrogens (tertiary/aromatic N) is 4. The summed E-state index contributed by atoms with van der Waals surface area (Å²) in [5.74, 6) is 5.32. The molecule has 0 fully saturated rings. The topological polar surface area (TPSA) is 129 Å². The highest BCUT2D eigenvalue weighted by Crippen LogP contribution is 2.28. The first kappa shape index (κ1) is 19.3. The highest BCUT2D eigenvalue weighted by molar-refractivity contribution is 8.00. The second kappa shape index (κ2) is 8.05. The van der Waals surface area contributed by atoms with Crippen molar-refractivity contribution in [1.29, 1.82) is 0 Å². The molecule has 1 aromatic heterocycles. The van der Waals surface area contributed by atoms with Gasteiger partial charge < -0.3 is 11.2 Å². The van der Waals surface area contributed by atoms with Gasteiger partial charge in [-0.3, -0.25) is 14.9 Å². The number of nitro groups is 1. The number of nitro benzene ring substituents is 1. The van der Waals surface area contributed by atoms with Crippen LogP contribution in [-0.4, -0.2) is 31.0 Å². The fourth-order valence-electron chi connectivity index (χ4n) is 2.37. The molecule has 0 aliphatic rings. The number of halogens is 1. The fraction of sp³-hybridized carbons (Fsp3) is 0.118. The molecule has 0 saturated heterocycles. The van der Waals surface area contributed by atoms with Crippen LogP contribution in [0.3, 0.4) is 0 Å². The number of hydrogen-bond donors (Lipinski definition) is 2. The summed E-state index contributed by atoms with van der Waals surface area (Å²) < 4.78 is 14.6. The first-order chi connectivity index (χ1) is 13.4. The Balaban J connectivity index is 1.74. The molecule has 1 amide bonds. The van der Waals surface area contributed by atoms with Crippen molar-refractivity contribution in [3.05, 3.63) is 64.5 Å². The predicted molar refractivity (Wildman–Crippen MR) is 103 cm³/mol. The van der Waals surface area contributed by atoms with Crippen molar-refractivity contribution in [3.8, 4) is 11.4 Å². The standard InChI is InChI=1S/C17H15FN6O3S/c1-10(16(25)20-13-7-2-3-8-14(13)24(26)27)28-17-22-21-15(23(17)19)11-5-4-6-12(18)9-11/h2-10H,19H2,1H3,(H,20,25)/t10-/m0/s1. The molecular weight excluding hydrogens is 387 g/mol. The van der Waals surface area contributed by atoms with Gasteiger partial charge in [0.05, 0.1) is 10.2 Å². The van der Waals surface area contributed by atoms with E-state index in [0.29, 0.717) is 5.56 Å². The molecular formula is C17H15FN6O3S. The van der Waals surface area contributed by atoms with Gasteiger partial charge in [0.25, 0.3) is 5.69 Å². The van der Waals surface area contributed by atoms with Gasteiger partial charge in [0.1, 0.15) is 11.5 Å². The molecule has 0 unspecified atom stereocenters. The lowest BCUT2D eigenvalue weighted by Crippen LogP contribution is -2.24. The number of para-hydroxylation sites is 2. The number of carbonyl (C=O) groups excluding carboxylic acids is 1. The largest absolute Gasteiger partial charge is 0.335 e. The molecule has 0 radical (unpaired) electrons. The number of rotatable bonds is 6. The van der Waals surface area contributed by atoms with Crippen molar-refractivity contribution in [1.82, 2.24) is 14.9 Å². The molecule has 0 saturated carbocycles. The Kier molecular flexibility index (Phi) is 5.54. The number of nitrogen functional groups attached to an aromatic ring is 1.